The van der Waals surface area contributed by atoms with Crippen LogP contribution in [0.5, 0.6) is 0 Å². The maximum absolute atomic E-state index is 12.4. The smallest absolute Gasteiger partial charge is 0.224 e. The number of Topliss-reactive ketones (excluding diaryl/α,β-unsaturated/α-hetero) is 1. The molecule has 0 radical (unpaired) electrons. The van der Waals surface area contributed by atoms with Crippen LogP contribution in [0.4, 0.5) is 0 Å². The molecule has 1 aliphatic heterocycles. The van der Waals surface area contributed by atoms with E-state index in [1.807, 2.05) is 47.0 Å². The molecule has 1 aromatic carbocycles. The lowest BCUT2D eigenvalue weighted by Gasteiger charge is -2.22. The molecule has 0 atom stereocenters. The van der Waals surface area contributed by atoms with E-state index in [0.717, 1.165) is 43.0 Å². The summed E-state index contributed by atoms with van der Waals surface area (Å²) in [6.07, 6.45) is 2.42. The zero-order chi connectivity index (χ0) is 17.8. The van der Waals surface area contributed by atoms with Crippen molar-refractivity contribution in [2.45, 2.75) is 26.4 Å². The van der Waals surface area contributed by atoms with Gasteiger partial charge in [0.15, 0.2) is 5.78 Å². The SMILES string of the molecule is CC(=O)c1cc(CN2CCC(=O)N(Cc3ccccc3)CC2)n(C)c1. The van der Waals surface area contributed by atoms with Gasteiger partial charge in [0.2, 0.25) is 5.91 Å². The molecule has 5 nitrogen and oxygen atoms in total. The molecule has 1 aromatic heterocycles. The Morgan fingerprint density at radius 1 is 1.08 bits per heavy atom. The Kier molecular flexibility index (Phi) is 5.34. The van der Waals surface area contributed by atoms with Crippen molar-refractivity contribution in [2.24, 2.45) is 7.05 Å². The van der Waals surface area contributed by atoms with Gasteiger partial charge in [0.05, 0.1) is 0 Å². The Labute approximate surface area is 148 Å². The van der Waals surface area contributed by atoms with Crippen LogP contribution in [0.2, 0.25) is 0 Å². The number of carbonyl (C=O) groups excluding carboxylic acids is 2. The Hall–Kier alpha value is -2.40. The van der Waals surface area contributed by atoms with Gasteiger partial charge < -0.3 is 9.47 Å². The van der Waals surface area contributed by atoms with Crippen LogP contribution in [0.25, 0.3) is 0 Å². The van der Waals surface area contributed by atoms with E-state index in [2.05, 4.69) is 17.0 Å². The first kappa shape index (κ1) is 17.4. The summed E-state index contributed by atoms with van der Waals surface area (Å²) >= 11 is 0. The molecule has 1 amide bonds. The maximum Gasteiger partial charge on any atom is 0.224 e. The van der Waals surface area contributed by atoms with E-state index in [4.69, 9.17) is 0 Å². The number of nitrogens with zero attached hydrogens (tertiary/aromatic N) is 3. The van der Waals surface area contributed by atoms with Gasteiger partial charge in [-0.15, -0.1) is 0 Å². The second kappa shape index (κ2) is 7.66. The summed E-state index contributed by atoms with van der Waals surface area (Å²) in [5, 5.41) is 0. The summed E-state index contributed by atoms with van der Waals surface area (Å²) in [6.45, 7) is 5.36. The number of aromatic nitrogens is 1. The molecule has 132 valence electrons. The number of carbonyl (C=O) groups is 2. The van der Waals surface area contributed by atoms with Crippen molar-refractivity contribution in [3.63, 3.8) is 0 Å². The van der Waals surface area contributed by atoms with E-state index in [1.54, 1.807) is 6.92 Å². The summed E-state index contributed by atoms with van der Waals surface area (Å²) in [5.41, 5.74) is 3.01. The van der Waals surface area contributed by atoms with Gasteiger partial charge in [-0.2, -0.15) is 0 Å². The Balaban J connectivity index is 1.63. The molecule has 25 heavy (non-hydrogen) atoms. The van der Waals surface area contributed by atoms with Gasteiger partial charge in [-0.05, 0) is 18.6 Å². The average Bonchev–Trinajstić information content (AvgIpc) is 2.88. The standard InChI is InChI=1S/C20H25N3O2/c1-16(24)18-12-19(21(2)14-18)15-22-9-8-20(25)23(11-10-22)13-17-6-4-3-5-7-17/h3-7,12,14H,8-11,13,15H2,1-2H3. The minimum absolute atomic E-state index is 0.0851. The van der Waals surface area contributed by atoms with E-state index >= 15 is 0 Å². The summed E-state index contributed by atoms with van der Waals surface area (Å²) in [6, 6.07) is 12.1. The molecule has 2 aromatic rings. The highest BCUT2D eigenvalue weighted by Crippen LogP contribution is 2.15. The number of ketones is 1. The number of rotatable bonds is 5. The number of amides is 1. The van der Waals surface area contributed by atoms with Crippen molar-refractivity contribution in [3.05, 3.63) is 59.4 Å². The topological polar surface area (TPSA) is 45.6 Å². The van der Waals surface area contributed by atoms with Crippen LogP contribution in [-0.2, 0) is 24.9 Å². The van der Waals surface area contributed by atoms with E-state index in [9.17, 15) is 9.59 Å². The number of benzene rings is 1. The van der Waals surface area contributed by atoms with Crippen LogP contribution >= 0.6 is 0 Å². The van der Waals surface area contributed by atoms with E-state index < -0.39 is 0 Å². The first-order chi connectivity index (χ1) is 12.0. The second-order valence-corrected chi connectivity index (χ2v) is 6.71. The first-order valence-corrected chi connectivity index (χ1v) is 8.73. The second-order valence-electron chi connectivity index (χ2n) is 6.71. The third-order valence-electron chi connectivity index (χ3n) is 4.80. The number of hydrogen-bond acceptors (Lipinski definition) is 3. The van der Waals surface area contributed by atoms with Crippen LogP contribution in [0, 0.1) is 0 Å². The third-order valence-corrected chi connectivity index (χ3v) is 4.80. The summed E-state index contributed by atoms with van der Waals surface area (Å²) in [7, 11) is 1.96. The van der Waals surface area contributed by atoms with E-state index in [0.29, 0.717) is 13.0 Å². The molecule has 1 aliphatic rings. The predicted octanol–water partition coefficient (Wildman–Crippen LogP) is 2.46. The summed E-state index contributed by atoms with van der Waals surface area (Å²) in [5.74, 6) is 0.296. The van der Waals surface area contributed by atoms with Crippen molar-refractivity contribution in [1.82, 2.24) is 14.4 Å². The van der Waals surface area contributed by atoms with Gasteiger partial charge >= 0.3 is 0 Å². The van der Waals surface area contributed by atoms with E-state index in [1.165, 1.54) is 0 Å². The minimum Gasteiger partial charge on any atom is -0.353 e. The highest BCUT2D eigenvalue weighted by atomic mass is 16.2. The largest absolute Gasteiger partial charge is 0.353 e. The monoisotopic (exact) mass is 339 g/mol. The molecule has 1 fully saturated rings. The molecule has 2 heterocycles. The van der Waals surface area contributed by atoms with Gasteiger partial charge in [0.25, 0.3) is 0 Å². The third kappa shape index (κ3) is 4.37. The fourth-order valence-corrected chi connectivity index (χ4v) is 3.23. The van der Waals surface area contributed by atoms with Crippen LogP contribution in [0.1, 0.15) is 35.0 Å². The van der Waals surface area contributed by atoms with Crippen molar-refractivity contribution in [2.75, 3.05) is 19.6 Å². The van der Waals surface area contributed by atoms with Crippen molar-refractivity contribution >= 4 is 11.7 Å². The molecule has 0 N–H and O–H groups in total. The normalized spacial score (nSPS) is 16.1. The van der Waals surface area contributed by atoms with E-state index in [-0.39, 0.29) is 11.7 Å². The summed E-state index contributed by atoms with van der Waals surface area (Å²) < 4.78 is 2.01. The van der Waals surface area contributed by atoms with Crippen LogP contribution in [0.15, 0.2) is 42.6 Å². The molecule has 1 saturated heterocycles. The minimum atomic E-state index is 0.0851. The lowest BCUT2D eigenvalue weighted by Crippen LogP contribution is -2.32. The highest BCUT2D eigenvalue weighted by molar-refractivity contribution is 5.94. The number of aryl methyl sites for hydroxylation is 1. The van der Waals surface area contributed by atoms with Crippen molar-refractivity contribution < 1.29 is 9.59 Å². The lowest BCUT2D eigenvalue weighted by atomic mass is 10.2. The molecule has 0 unspecified atom stereocenters. The van der Waals surface area contributed by atoms with Gasteiger partial charge in [0, 0.05) is 63.6 Å². The molecule has 0 bridgehead atoms. The quantitative estimate of drug-likeness (QED) is 0.786. The van der Waals surface area contributed by atoms with Crippen LogP contribution in [-0.4, -0.2) is 45.7 Å². The zero-order valence-corrected chi connectivity index (χ0v) is 14.9. The Morgan fingerprint density at radius 3 is 2.52 bits per heavy atom. The molecular formula is C20H25N3O2. The fourth-order valence-electron chi connectivity index (χ4n) is 3.23. The molecular weight excluding hydrogens is 314 g/mol. The Morgan fingerprint density at radius 2 is 1.84 bits per heavy atom. The fraction of sp³-hybridized carbons (Fsp3) is 0.400. The molecule has 0 spiro atoms. The van der Waals surface area contributed by atoms with Gasteiger partial charge in [-0.25, -0.2) is 0 Å². The first-order valence-electron chi connectivity index (χ1n) is 8.73. The number of hydrogen-bond donors (Lipinski definition) is 0. The molecule has 3 rings (SSSR count). The van der Waals surface area contributed by atoms with Gasteiger partial charge in [0.1, 0.15) is 0 Å². The molecule has 0 aliphatic carbocycles. The maximum atomic E-state index is 12.4. The van der Waals surface area contributed by atoms with Crippen molar-refractivity contribution in [3.8, 4) is 0 Å². The zero-order valence-electron chi connectivity index (χ0n) is 14.9. The van der Waals surface area contributed by atoms with Crippen molar-refractivity contribution in [1.29, 1.82) is 0 Å². The highest BCUT2D eigenvalue weighted by Gasteiger charge is 2.21. The molecule has 0 saturated carbocycles. The Bertz CT molecular complexity index is 752. The average molecular weight is 339 g/mol. The predicted molar refractivity (Wildman–Crippen MR) is 97.2 cm³/mol. The van der Waals surface area contributed by atoms with Gasteiger partial charge in [-0.3, -0.25) is 14.5 Å². The van der Waals surface area contributed by atoms with Gasteiger partial charge in [-0.1, -0.05) is 30.3 Å². The molecule has 5 heteroatoms. The van der Waals surface area contributed by atoms with Crippen LogP contribution < -0.4 is 0 Å². The lowest BCUT2D eigenvalue weighted by molar-refractivity contribution is -0.130. The van der Waals surface area contributed by atoms with Crippen LogP contribution in [0.3, 0.4) is 0 Å². The summed E-state index contributed by atoms with van der Waals surface area (Å²) in [4.78, 5) is 28.2.